The van der Waals surface area contributed by atoms with E-state index in [9.17, 15) is 4.79 Å². The Balaban J connectivity index is 1.22. The summed E-state index contributed by atoms with van der Waals surface area (Å²) in [6, 6.07) is 8.15. The smallest absolute Gasteiger partial charge is 0.227 e. The molecule has 0 aromatic heterocycles. The van der Waals surface area contributed by atoms with E-state index in [1.54, 1.807) is 0 Å². The van der Waals surface area contributed by atoms with Crippen molar-refractivity contribution >= 4 is 5.91 Å². The topological polar surface area (TPSA) is 42.0 Å². The predicted octanol–water partition coefficient (Wildman–Crippen LogP) is 1.88. The van der Waals surface area contributed by atoms with Crippen molar-refractivity contribution in [2.75, 3.05) is 52.5 Å². The molecule has 0 bridgehead atoms. The minimum atomic E-state index is -0.0666. The fourth-order valence-corrected chi connectivity index (χ4v) is 4.37. The second-order valence-electron chi connectivity index (χ2n) is 8.16. The zero-order chi connectivity index (χ0) is 18.0. The average Bonchev–Trinajstić information content (AvgIpc) is 2.63. The van der Waals surface area contributed by atoms with Gasteiger partial charge in [-0.2, -0.15) is 0 Å². The van der Waals surface area contributed by atoms with Crippen molar-refractivity contribution in [1.82, 2.24) is 9.80 Å². The lowest BCUT2D eigenvalue weighted by atomic mass is 9.82. The van der Waals surface area contributed by atoms with E-state index in [1.807, 2.05) is 17.0 Å². The van der Waals surface area contributed by atoms with Gasteiger partial charge < -0.3 is 14.4 Å². The molecule has 26 heavy (non-hydrogen) atoms. The minimum Gasteiger partial charge on any atom is -0.379 e. The van der Waals surface area contributed by atoms with E-state index in [0.717, 1.165) is 64.5 Å². The standard InChI is InChI=1S/C21H30N2O3/c1-17-4-2-3-5-19(17)12-20(24)23-15-21(16-23)7-6-18(14-26-21)13-22-8-10-25-11-9-22/h2-5,18H,6-16H2,1H3. The summed E-state index contributed by atoms with van der Waals surface area (Å²) < 4.78 is 11.7. The van der Waals surface area contributed by atoms with Gasteiger partial charge in [0.25, 0.3) is 0 Å². The van der Waals surface area contributed by atoms with Crippen LogP contribution < -0.4 is 0 Å². The third-order valence-corrected chi connectivity index (χ3v) is 6.17. The first-order chi connectivity index (χ1) is 12.6. The fraction of sp³-hybridized carbons (Fsp3) is 0.667. The number of benzene rings is 1. The van der Waals surface area contributed by atoms with Gasteiger partial charge in [-0.25, -0.2) is 0 Å². The number of likely N-dealkylation sites (tertiary alicyclic amines) is 1. The van der Waals surface area contributed by atoms with Gasteiger partial charge in [0, 0.05) is 19.6 Å². The van der Waals surface area contributed by atoms with Crippen molar-refractivity contribution in [3.05, 3.63) is 35.4 Å². The number of aryl methyl sites for hydroxylation is 1. The quantitative estimate of drug-likeness (QED) is 0.824. The van der Waals surface area contributed by atoms with Gasteiger partial charge >= 0.3 is 0 Å². The second-order valence-corrected chi connectivity index (χ2v) is 8.16. The lowest BCUT2D eigenvalue weighted by molar-refractivity contribution is -0.189. The lowest BCUT2D eigenvalue weighted by Crippen LogP contribution is -2.66. The third-order valence-electron chi connectivity index (χ3n) is 6.17. The number of hydrogen-bond donors (Lipinski definition) is 0. The lowest BCUT2D eigenvalue weighted by Gasteiger charge is -2.53. The summed E-state index contributed by atoms with van der Waals surface area (Å²) in [5.41, 5.74) is 2.26. The van der Waals surface area contributed by atoms with E-state index in [-0.39, 0.29) is 11.5 Å². The number of morpholine rings is 1. The fourth-order valence-electron chi connectivity index (χ4n) is 4.37. The molecule has 3 aliphatic heterocycles. The van der Waals surface area contributed by atoms with Gasteiger partial charge in [-0.3, -0.25) is 9.69 Å². The molecular formula is C21H30N2O3. The van der Waals surface area contributed by atoms with Crippen LogP contribution in [0.25, 0.3) is 0 Å². The van der Waals surface area contributed by atoms with Crippen molar-refractivity contribution in [2.45, 2.75) is 31.8 Å². The summed E-state index contributed by atoms with van der Waals surface area (Å²) >= 11 is 0. The Morgan fingerprint density at radius 1 is 1.23 bits per heavy atom. The molecule has 1 aromatic carbocycles. The molecular weight excluding hydrogens is 328 g/mol. The summed E-state index contributed by atoms with van der Waals surface area (Å²) in [6.45, 7) is 9.35. The Morgan fingerprint density at radius 2 is 2.00 bits per heavy atom. The molecule has 1 spiro atoms. The maximum atomic E-state index is 12.6. The molecule has 3 saturated heterocycles. The Labute approximate surface area is 156 Å². The maximum Gasteiger partial charge on any atom is 0.227 e. The van der Waals surface area contributed by atoms with Crippen LogP contribution in [0.5, 0.6) is 0 Å². The summed E-state index contributed by atoms with van der Waals surface area (Å²) in [7, 11) is 0. The zero-order valence-electron chi connectivity index (χ0n) is 15.8. The highest BCUT2D eigenvalue weighted by Crippen LogP contribution is 2.36. The van der Waals surface area contributed by atoms with Crippen molar-refractivity contribution < 1.29 is 14.3 Å². The van der Waals surface area contributed by atoms with Crippen LogP contribution in [-0.4, -0.2) is 73.9 Å². The highest BCUT2D eigenvalue weighted by molar-refractivity contribution is 5.80. The van der Waals surface area contributed by atoms with Crippen molar-refractivity contribution in [3.8, 4) is 0 Å². The zero-order valence-corrected chi connectivity index (χ0v) is 15.8. The maximum absolute atomic E-state index is 12.6. The minimum absolute atomic E-state index is 0.0666. The Morgan fingerprint density at radius 3 is 2.69 bits per heavy atom. The Bertz CT molecular complexity index is 626. The summed E-state index contributed by atoms with van der Waals surface area (Å²) in [5, 5.41) is 0. The number of amides is 1. The van der Waals surface area contributed by atoms with Crippen LogP contribution in [0.2, 0.25) is 0 Å². The molecule has 5 nitrogen and oxygen atoms in total. The van der Waals surface area contributed by atoms with Crippen LogP contribution >= 0.6 is 0 Å². The van der Waals surface area contributed by atoms with Crippen LogP contribution in [0.1, 0.15) is 24.0 Å². The van der Waals surface area contributed by atoms with Gasteiger partial charge in [0.05, 0.1) is 39.3 Å². The van der Waals surface area contributed by atoms with Crippen molar-refractivity contribution in [1.29, 1.82) is 0 Å². The first-order valence-corrected chi connectivity index (χ1v) is 9.90. The molecule has 0 N–H and O–H groups in total. The van der Waals surface area contributed by atoms with E-state index in [2.05, 4.69) is 24.0 Å². The normalized spacial score (nSPS) is 25.9. The van der Waals surface area contributed by atoms with E-state index >= 15 is 0 Å². The van der Waals surface area contributed by atoms with E-state index in [1.165, 1.54) is 12.0 Å². The van der Waals surface area contributed by atoms with Gasteiger partial charge in [0.15, 0.2) is 0 Å². The van der Waals surface area contributed by atoms with Gasteiger partial charge in [-0.15, -0.1) is 0 Å². The Kier molecular flexibility index (Phi) is 5.30. The number of carbonyl (C=O) groups is 1. The van der Waals surface area contributed by atoms with Crippen LogP contribution in [0, 0.1) is 12.8 Å². The van der Waals surface area contributed by atoms with Gasteiger partial charge in [-0.1, -0.05) is 24.3 Å². The molecule has 1 amide bonds. The van der Waals surface area contributed by atoms with E-state index < -0.39 is 0 Å². The Hall–Kier alpha value is -1.43. The van der Waals surface area contributed by atoms with E-state index in [0.29, 0.717) is 12.3 Å². The molecule has 0 saturated carbocycles. The number of ether oxygens (including phenoxy) is 2. The highest BCUT2D eigenvalue weighted by Gasteiger charge is 2.48. The number of hydrogen-bond acceptors (Lipinski definition) is 4. The molecule has 0 aliphatic carbocycles. The van der Waals surface area contributed by atoms with Gasteiger partial charge in [0.2, 0.25) is 5.91 Å². The van der Waals surface area contributed by atoms with Crippen LogP contribution in [0.4, 0.5) is 0 Å². The number of nitrogens with zero attached hydrogens (tertiary/aromatic N) is 2. The predicted molar refractivity (Wildman–Crippen MR) is 100 cm³/mol. The largest absolute Gasteiger partial charge is 0.379 e. The molecule has 1 atom stereocenters. The molecule has 3 heterocycles. The van der Waals surface area contributed by atoms with Crippen molar-refractivity contribution in [2.24, 2.45) is 5.92 Å². The third kappa shape index (κ3) is 3.95. The molecule has 0 radical (unpaired) electrons. The highest BCUT2D eigenvalue weighted by atomic mass is 16.5. The van der Waals surface area contributed by atoms with E-state index in [4.69, 9.17) is 9.47 Å². The van der Waals surface area contributed by atoms with Crippen LogP contribution in [0.15, 0.2) is 24.3 Å². The number of rotatable bonds is 4. The summed E-state index contributed by atoms with van der Waals surface area (Å²) in [5.74, 6) is 0.847. The first-order valence-electron chi connectivity index (χ1n) is 9.90. The molecule has 1 unspecified atom stereocenters. The first kappa shape index (κ1) is 18.0. The van der Waals surface area contributed by atoms with Crippen LogP contribution in [-0.2, 0) is 20.7 Å². The van der Waals surface area contributed by atoms with Crippen molar-refractivity contribution in [3.63, 3.8) is 0 Å². The molecule has 1 aromatic rings. The average molecular weight is 358 g/mol. The summed E-state index contributed by atoms with van der Waals surface area (Å²) in [4.78, 5) is 17.0. The molecule has 4 rings (SSSR count). The van der Waals surface area contributed by atoms with Crippen LogP contribution in [0.3, 0.4) is 0 Å². The monoisotopic (exact) mass is 358 g/mol. The molecule has 3 aliphatic rings. The molecule has 5 heteroatoms. The molecule has 142 valence electrons. The molecule has 3 fully saturated rings. The van der Waals surface area contributed by atoms with Gasteiger partial charge in [-0.05, 0) is 36.8 Å². The number of carbonyl (C=O) groups excluding carboxylic acids is 1. The summed E-state index contributed by atoms with van der Waals surface area (Å²) in [6.07, 6.45) is 2.79. The SMILES string of the molecule is Cc1ccccc1CC(=O)N1CC2(CCC(CN3CCOCC3)CO2)C1. The second kappa shape index (κ2) is 7.67. The van der Waals surface area contributed by atoms with Gasteiger partial charge in [0.1, 0.15) is 5.60 Å².